The van der Waals surface area contributed by atoms with Crippen LogP contribution < -0.4 is 20.3 Å². The topological polar surface area (TPSA) is 94.1 Å². The highest BCUT2D eigenvalue weighted by Crippen LogP contribution is 2.33. The number of β-amino-alcohol motifs (C(OH)–C–C–N with tert-alkyl or cyclic N) is 1. The molecule has 0 aromatic heterocycles. The van der Waals surface area contributed by atoms with Gasteiger partial charge < -0.3 is 30.3 Å². The van der Waals surface area contributed by atoms with Gasteiger partial charge in [0.2, 0.25) is 0 Å². The molecule has 3 amide bonds. The number of hydrogen-bond acceptors (Lipinski definition) is 5. The van der Waals surface area contributed by atoms with E-state index in [9.17, 15) is 14.7 Å². The number of rotatable bonds is 5. The van der Waals surface area contributed by atoms with Crippen molar-refractivity contribution in [2.75, 3.05) is 50.1 Å². The third kappa shape index (κ3) is 5.33. The fourth-order valence-corrected chi connectivity index (χ4v) is 3.42. The summed E-state index contributed by atoms with van der Waals surface area (Å²) < 4.78 is 5.37. The number of nitrogens with zero attached hydrogens (tertiary/aromatic N) is 2. The molecule has 0 aliphatic carbocycles. The van der Waals surface area contributed by atoms with Gasteiger partial charge in [0.05, 0.1) is 11.8 Å². The van der Waals surface area contributed by atoms with Gasteiger partial charge in [0.15, 0.2) is 6.61 Å². The second kappa shape index (κ2) is 9.05. The molecule has 0 spiro atoms. The van der Waals surface area contributed by atoms with Gasteiger partial charge in [-0.3, -0.25) is 4.79 Å². The minimum absolute atomic E-state index is 0.0195. The average molecular weight is 376 g/mol. The molecule has 0 radical (unpaired) electrons. The van der Waals surface area contributed by atoms with Gasteiger partial charge in [-0.25, -0.2) is 4.79 Å². The van der Waals surface area contributed by atoms with Gasteiger partial charge in [0.25, 0.3) is 5.91 Å². The summed E-state index contributed by atoms with van der Waals surface area (Å²) in [7, 11) is 1.67. The van der Waals surface area contributed by atoms with E-state index < -0.39 is 12.1 Å². The summed E-state index contributed by atoms with van der Waals surface area (Å²) in [6.07, 6.45) is 4.23. The lowest BCUT2D eigenvalue weighted by Crippen LogP contribution is -2.41. The first-order valence-electron chi connectivity index (χ1n) is 9.51. The highest BCUT2D eigenvalue weighted by Gasteiger charge is 2.22. The smallest absolute Gasteiger partial charge is 0.319 e. The van der Waals surface area contributed by atoms with E-state index in [1.807, 2.05) is 0 Å². The minimum Gasteiger partial charge on any atom is -0.482 e. The molecule has 1 aromatic rings. The predicted molar refractivity (Wildman–Crippen MR) is 103 cm³/mol. The Balaban J connectivity index is 1.47. The summed E-state index contributed by atoms with van der Waals surface area (Å²) in [4.78, 5) is 27.6. The molecule has 148 valence electrons. The molecule has 1 aromatic carbocycles. The third-order valence-corrected chi connectivity index (χ3v) is 4.97. The van der Waals surface area contributed by atoms with Crippen molar-refractivity contribution in [2.45, 2.75) is 31.8 Å². The van der Waals surface area contributed by atoms with E-state index in [1.54, 1.807) is 25.2 Å². The Morgan fingerprint density at radius 3 is 2.74 bits per heavy atom. The van der Waals surface area contributed by atoms with Gasteiger partial charge in [-0.15, -0.1) is 0 Å². The van der Waals surface area contributed by atoms with Gasteiger partial charge in [-0.2, -0.15) is 0 Å². The number of amides is 3. The molecule has 8 heteroatoms. The Labute approximate surface area is 159 Å². The maximum absolute atomic E-state index is 12.1. The summed E-state index contributed by atoms with van der Waals surface area (Å²) in [6.45, 7) is 2.79. The second-order valence-electron chi connectivity index (χ2n) is 7.13. The number of fused-ring (bicyclic) bond motifs is 1. The largest absolute Gasteiger partial charge is 0.482 e. The van der Waals surface area contributed by atoms with Crippen molar-refractivity contribution in [1.29, 1.82) is 0 Å². The van der Waals surface area contributed by atoms with E-state index in [0.29, 0.717) is 23.7 Å². The highest BCUT2D eigenvalue weighted by atomic mass is 16.5. The molecule has 1 saturated heterocycles. The van der Waals surface area contributed by atoms with Gasteiger partial charge in [-0.05, 0) is 44.1 Å². The van der Waals surface area contributed by atoms with Crippen LogP contribution in [0.5, 0.6) is 5.75 Å². The van der Waals surface area contributed by atoms with Gasteiger partial charge in [0, 0.05) is 25.8 Å². The fraction of sp³-hybridized carbons (Fsp3) is 0.579. The van der Waals surface area contributed by atoms with Crippen molar-refractivity contribution in [3.8, 4) is 5.75 Å². The standard InChI is InChI=1S/C19H28N4O4/c1-22-16-10-14(6-7-17(16)27-13-18(22)25)21-19(26)20-11-15(24)12-23-8-4-2-3-5-9-23/h6-7,10,15,24H,2-5,8-9,11-13H2,1H3,(H2,20,21,26). The maximum atomic E-state index is 12.1. The van der Waals surface area contributed by atoms with Crippen molar-refractivity contribution < 1.29 is 19.4 Å². The molecule has 1 unspecified atom stereocenters. The number of likely N-dealkylation sites (N-methyl/N-ethyl adjacent to an activating group) is 1. The molecule has 2 aliphatic heterocycles. The van der Waals surface area contributed by atoms with E-state index >= 15 is 0 Å². The first-order chi connectivity index (χ1) is 13.0. The zero-order valence-corrected chi connectivity index (χ0v) is 15.7. The van der Waals surface area contributed by atoms with Gasteiger partial charge in [-0.1, -0.05) is 12.8 Å². The van der Waals surface area contributed by atoms with E-state index in [1.165, 1.54) is 30.6 Å². The number of urea groups is 1. The van der Waals surface area contributed by atoms with Crippen LogP contribution in [0.15, 0.2) is 18.2 Å². The van der Waals surface area contributed by atoms with Gasteiger partial charge in [0.1, 0.15) is 5.75 Å². The Morgan fingerprint density at radius 1 is 1.26 bits per heavy atom. The molecule has 0 bridgehead atoms. The molecule has 1 fully saturated rings. The number of carbonyl (C=O) groups excluding carboxylic acids is 2. The lowest BCUT2D eigenvalue weighted by Gasteiger charge is -2.26. The second-order valence-corrected chi connectivity index (χ2v) is 7.13. The molecule has 8 nitrogen and oxygen atoms in total. The number of ether oxygens (including phenoxy) is 1. The number of aliphatic hydroxyl groups is 1. The average Bonchev–Trinajstić information content (AvgIpc) is 2.92. The molecule has 2 aliphatic rings. The zero-order chi connectivity index (χ0) is 19.2. The van der Waals surface area contributed by atoms with Crippen LogP contribution in [0, 0.1) is 0 Å². The molecule has 27 heavy (non-hydrogen) atoms. The van der Waals surface area contributed by atoms with Crippen molar-refractivity contribution in [3.63, 3.8) is 0 Å². The molecular weight excluding hydrogens is 348 g/mol. The first kappa shape index (κ1) is 19.4. The summed E-state index contributed by atoms with van der Waals surface area (Å²) in [5.74, 6) is 0.469. The number of aliphatic hydroxyl groups excluding tert-OH is 1. The predicted octanol–water partition coefficient (Wildman–Crippen LogP) is 1.40. The third-order valence-electron chi connectivity index (χ3n) is 4.97. The number of nitrogens with one attached hydrogen (secondary N) is 2. The van der Waals surface area contributed by atoms with Crippen LogP contribution in [0.3, 0.4) is 0 Å². The quantitative estimate of drug-likeness (QED) is 0.722. The molecular formula is C19H28N4O4. The van der Waals surface area contributed by atoms with Crippen molar-refractivity contribution in [1.82, 2.24) is 10.2 Å². The summed E-state index contributed by atoms with van der Waals surface area (Å²) >= 11 is 0. The summed E-state index contributed by atoms with van der Waals surface area (Å²) in [5, 5.41) is 15.6. The molecule has 3 rings (SSSR count). The normalized spacial score (nSPS) is 18.9. The van der Waals surface area contributed by atoms with Crippen LogP contribution in [0.25, 0.3) is 0 Å². The number of likely N-dealkylation sites (tertiary alicyclic amines) is 1. The molecule has 0 saturated carbocycles. The van der Waals surface area contributed by atoms with E-state index in [2.05, 4.69) is 15.5 Å². The Bertz CT molecular complexity index is 674. The lowest BCUT2D eigenvalue weighted by atomic mass is 10.2. The first-order valence-corrected chi connectivity index (χ1v) is 9.51. The van der Waals surface area contributed by atoms with Crippen LogP contribution in [0.4, 0.5) is 16.2 Å². The van der Waals surface area contributed by atoms with Crippen LogP contribution in [-0.4, -0.2) is 67.9 Å². The van der Waals surface area contributed by atoms with E-state index in [4.69, 9.17) is 4.74 Å². The lowest BCUT2D eigenvalue weighted by molar-refractivity contribution is -0.120. The Morgan fingerprint density at radius 2 is 2.00 bits per heavy atom. The van der Waals surface area contributed by atoms with Crippen molar-refractivity contribution >= 4 is 23.3 Å². The van der Waals surface area contributed by atoms with E-state index in [0.717, 1.165) is 13.1 Å². The molecule has 2 heterocycles. The van der Waals surface area contributed by atoms with E-state index in [-0.39, 0.29) is 19.1 Å². The minimum atomic E-state index is -0.602. The van der Waals surface area contributed by atoms with Crippen LogP contribution in [-0.2, 0) is 4.79 Å². The van der Waals surface area contributed by atoms with Crippen LogP contribution >= 0.6 is 0 Å². The monoisotopic (exact) mass is 376 g/mol. The fourth-order valence-electron chi connectivity index (χ4n) is 3.42. The summed E-state index contributed by atoms with van der Waals surface area (Å²) in [5.41, 5.74) is 1.17. The Hall–Kier alpha value is -2.32. The number of hydrogen-bond donors (Lipinski definition) is 3. The number of benzene rings is 1. The SMILES string of the molecule is CN1C(=O)COc2ccc(NC(=O)NCC(O)CN3CCCCCC3)cc21. The number of carbonyl (C=O) groups is 2. The Kier molecular flexibility index (Phi) is 6.52. The highest BCUT2D eigenvalue weighted by molar-refractivity contribution is 5.99. The van der Waals surface area contributed by atoms with Crippen molar-refractivity contribution in [3.05, 3.63) is 18.2 Å². The van der Waals surface area contributed by atoms with Crippen molar-refractivity contribution in [2.24, 2.45) is 0 Å². The van der Waals surface area contributed by atoms with Crippen LogP contribution in [0.2, 0.25) is 0 Å². The summed E-state index contributed by atoms with van der Waals surface area (Å²) in [6, 6.07) is 4.74. The van der Waals surface area contributed by atoms with Gasteiger partial charge >= 0.3 is 6.03 Å². The maximum Gasteiger partial charge on any atom is 0.319 e. The number of anilines is 2. The molecule has 1 atom stereocenters. The van der Waals surface area contributed by atoms with Crippen LogP contribution in [0.1, 0.15) is 25.7 Å². The molecule has 3 N–H and O–H groups in total. The zero-order valence-electron chi connectivity index (χ0n) is 15.7.